The highest BCUT2D eigenvalue weighted by atomic mass is 35.5. The summed E-state index contributed by atoms with van der Waals surface area (Å²) in [6.07, 6.45) is 10.9. The highest BCUT2D eigenvalue weighted by Crippen LogP contribution is 2.24. The number of anilines is 2. The summed E-state index contributed by atoms with van der Waals surface area (Å²) in [5.41, 5.74) is 2.46. The number of halogens is 1. The van der Waals surface area contributed by atoms with Crippen molar-refractivity contribution in [2.75, 3.05) is 30.9 Å². The lowest BCUT2D eigenvalue weighted by Crippen LogP contribution is -2.33. The lowest BCUT2D eigenvalue weighted by atomic mass is 9.94. The first-order valence-electron chi connectivity index (χ1n) is 11.0. The Morgan fingerprint density at radius 2 is 1.91 bits per heavy atom. The lowest BCUT2D eigenvalue weighted by molar-refractivity contribution is -0.153. The van der Waals surface area contributed by atoms with Gasteiger partial charge in [-0.05, 0) is 62.9 Å². The largest absolute Gasteiger partial charge is 0.492 e. The number of allylic oxidation sites excluding steroid dienone is 3. The fourth-order valence-corrected chi connectivity index (χ4v) is 3.31. The molecule has 0 aliphatic heterocycles. The minimum Gasteiger partial charge on any atom is -0.492 e. The van der Waals surface area contributed by atoms with Gasteiger partial charge >= 0.3 is 5.97 Å². The summed E-state index contributed by atoms with van der Waals surface area (Å²) in [7, 11) is 0. The average molecular weight is 471 g/mol. The molecule has 1 aromatic heterocycles. The van der Waals surface area contributed by atoms with Crippen molar-refractivity contribution in [3.05, 3.63) is 60.5 Å². The lowest BCUT2D eigenvalue weighted by Gasteiger charge is -2.20. The van der Waals surface area contributed by atoms with Gasteiger partial charge in [-0.1, -0.05) is 18.2 Å². The number of benzene rings is 1. The first-order valence-corrected chi connectivity index (χ1v) is 11.5. The van der Waals surface area contributed by atoms with E-state index in [-0.39, 0.29) is 12.5 Å². The molecule has 3 rings (SSSR count). The summed E-state index contributed by atoms with van der Waals surface area (Å²) >= 11 is 5.63. The van der Waals surface area contributed by atoms with Crippen molar-refractivity contribution < 1.29 is 14.3 Å². The van der Waals surface area contributed by atoms with E-state index in [1.165, 1.54) is 0 Å². The fourth-order valence-electron chi connectivity index (χ4n) is 3.23. The fraction of sp³-hybridized carbons (Fsp3) is 0.400. The maximum atomic E-state index is 11.8. The van der Waals surface area contributed by atoms with Gasteiger partial charge in [0, 0.05) is 30.2 Å². The van der Waals surface area contributed by atoms with E-state index in [1.807, 2.05) is 57.4 Å². The van der Waals surface area contributed by atoms with Gasteiger partial charge in [0.1, 0.15) is 18.0 Å². The Morgan fingerprint density at radius 3 is 2.52 bits per heavy atom. The van der Waals surface area contributed by atoms with Gasteiger partial charge in [-0.2, -0.15) is 0 Å². The Labute approximate surface area is 200 Å². The molecule has 0 radical (unpaired) electrons. The third-order valence-electron chi connectivity index (χ3n) is 4.73. The number of esters is 1. The number of carbonyl (C=O) groups is 1. The standard InChI is InChI=1S/C25H31ClN4O3/c1-25(2,3)33-23(31)17-27-14-18-4-6-19(7-5-18)20-15-28-24(29-16-20)30-21-8-10-22(11-9-21)32-13-12-26/h4,6-11,15-16,18,27H,5,12-14,17H2,1-3H3,(H,28,29,30). The van der Waals surface area contributed by atoms with Crippen LogP contribution in [0, 0.1) is 5.92 Å². The van der Waals surface area contributed by atoms with Crippen molar-refractivity contribution in [3.8, 4) is 5.75 Å². The molecule has 0 spiro atoms. The van der Waals surface area contributed by atoms with Crippen LogP contribution >= 0.6 is 11.6 Å². The molecule has 2 aromatic rings. The number of hydrogen-bond acceptors (Lipinski definition) is 7. The molecule has 0 saturated heterocycles. The maximum Gasteiger partial charge on any atom is 0.320 e. The summed E-state index contributed by atoms with van der Waals surface area (Å²) in [5, 5.41) is 6.36. The highest BCUT2D eigenvalue weighted by molar-refractivity contribution is 6.18. The molecule has 1 aliphatic rings. The average Bonchev–Trinajstić information content (AvgIpc) is 2.78. The molecular formula is C25H31ClN4O3. The predicted molar refractivity (Wildman–Crippen MR) is 132 cm³/mol. The van der Waals surface area contributed by atoms with E-state index in [2.05, 4.69) is 38.8 Å². The molecule has 1 atom stereocenters. The van der Waals surface area contributed by atoms with Gasteiger partial charge in [0.25, 0.3) is 0 Å². The van der Waals surface area contributed by atoms with Crippen molar-refractivity contribution in [1.29, 1.82) is 0 Å². The second-order valence-corrected chi connectivity index (χ2v) is 9.09. The van der Waals surface area contributed by atoms with Crippen molar-refractivity contribution in [2.45, 2.75) is 32.8 Å². The molecule has 1 heterocycles. The van der Waals surface area contributed by atoms with Crippen LogP contribution in [0.4, 0.5) is 11.6 Å². The smallest absolute Gasteiger partial charge is 0.320 e. The summed E-state index contributed by atoms with van der Waals surface area (Å²) in [5.74, 6) is 1.84. The van der Waals surface area contributed by atoms with Crippen molar-refractivity contribution in [3.63, 3.8) is 0 Å². The van der Waals surface area contributed by atoms with Crippen molar-refractivity contribution in [1.82, 2.24) is 15.3 Å². The van der Waals surface area contributed by atoms with E-state index < -0.39 is 5.60 Å². The zero-order valence-corrected chi connectivity index (χ0v) is 20.1. The first-order chi connectivity index (χ1) is 15.8. The third kappa shape index (κ3) is 8.51. The molecule has 0 bridgehead atoms. The Morgan fingerprint density at radius 1 is 1.18 bits per heavy atom. The quantitative estimate of drug-likeness (QED) is 0.383. The minimum absolute atomic E-state index is 0.212. The van der Waals surface area contributed by atoms with E-state index >= 15 is 0 Å². The monoisotopic (exact) mass is 470 g/mol. The molecular weight excluding hydrogens is 440 g/mol. The number of nitrogens with one attached hydrogen (secondary N) is 2. The van der Waals surface area contributed by atoms with E-state index in [9.17, 15) is 4.79 Å². The second kappa shape index (κ2) is 11.8. The Bertz CT molecular complexity index is 967. The molecule has 8 heteroatoms. The molecule has 1 aromatic carbocycles. The van der Waals surface area contributed by atoms with Crippen LogP contribution < -0.4 is 15.4 Å². The molecule has 1 aliphatic carbocycles. The molecule has 0 amide bonds. The van der Waals surface area contributed by atoms with Crippen LogP contribution in [0.15, 0.2) is 54.9 Å². The summed E-state index contributed by atoms with van der Waals surface area (Å²) in [6, 6.07) is 7.56. The third-order valence-corrected chi connectivity index (χ3v) is 4.88. The molecule has 0 saturated carbocycles. The van der Waals surface area contributed by atoms with Crippen molar-refractivity contribution in [2.24, 2.45) is 5.92 Å². The Balaban J connectivity index is 1.45. The van der Waals surface area contributed by atoms with E-state index in [0.717, 1.165) is 29.0 Å². The van der Waals surface area contributed by atoms with Crippen LogP contribution in [0.5, 0.6) is 5.75 Å². The molecule has 33 heavy (non-hydrogen) atoms. The van der Waals surface area contributed by atoms with E-state index in [0.29, 0.717) is 30.9 Å². The second-order valence-electron chi connectivity index (χ2n) is 8.71. The predicted octanol–water partition coefficient (Wildman–Crippen LogP) is 4.73. The summed E-state index contributed by atoms with van der Waals surface area (Å²) < 4.78 is 10.8. The number of nitrogens with zero attached hydrogens (tertiary/aromatic N) is 2. The van der Waals surface area contributed by atoms with E-state index in [1.54, 1.807) is 0 Å². The number of aromatic nitrogens is 2. The Hall–Kier alpha value is -2.90. The van der Waals surface area contributed by atoms with Crippen LogP contribution in [-0.2, 0) is 9.53 Å². The van der Waals surface area contributed by atoms with Crippen LogP contribution in [0.25, 0.3) is 5.57 Å². The topological polar surface area (TPSA) is 85.4 Å². The van der Waals surface area contributed by atoms with Gasteiger partial charge in [0.2, 0.25) is 5.95 Å². The van der Waals surface area contributed by atoms with Gasteiger partial charge in [0.15, 0.2) is 0 Å². The zero-order valence-electron chi connectivity index (χ0n) is 19.3. The highest BCUT2D eigenvalue weighted by Gasteiger charge is 2.16. The van der Waals surface area contributed by atoms with Gasteiger partial charge < -0.3 is 20.1 Å². The maximum absolute atomic E-state index is 11.8. The number of hydrogen-bond donors (Lipinski definition) is 2. The van der Waals surface area contributed by atoms with Gasteiger partial charge in [0.05, 0.1) is 12.4 Å². The minimum atomic E-state index is -0.460. The molecule has 176 valence electrons. The number of ether oxygens (including phenoxy) is 2. The van der Waals surface area contributed by atoms with Gasteiger partial charge in [-0.15, -0.1) is 11.6 Å². The zero-order chi connectivity index (χ0) is 23.7. The molecule has 0 fully saturated rings. The van der Waals surface area contributed by atoms with Gasteiger partial charge in [-0.25, -0.2) is 9.97 Å². The van der Waals surface area contributed by atoms with Crippen LogP contribution in [-0.4, -0.2) is 47.1 Å². The molecule has 2 N–H and O–H groups in total. The van der Waals surface area contributed by atoms with Gasteiger partial charge in [-0.3, -0.25) is 4.79 Å². The van der Waals surface area contributed by atoms with E-state index in [4.69, 9.17) is 21.1 Å². The molecule has 1 unspecified atom stereocenters. The van der Waals surface area contributed by atoms with Crippen molar-refractivity contribution >= 4 is 34.8 Å². The first kappa shape index (κ1) is 24.7. The molecule has 7 nitrogen and oxygen atoms in total. The number of alkyl halides is 1. The number of carbonyl (C=O) groups excluding carboxylic acids is 1. The van der Waals surface area contributed by atoms with Crippen LogP contribution in [0.3, 0.4) is 0 Å². The van der Waals surface area contributed by atoms with Crippen LogP contribution in [0.2, 0.25) is 0 Å². The summed E-state index contributed by atoms with van der Waals surface area (Å²) in [6.45, 7) is 7.01. The Kier molecular flexibility index (Phi) is 8.86. The normalized spacial score (nSPS) is 15.6. The van der Waals surface area contributed by atoms with Crippen LogP contribution in [0.1, 0.15) is 32.8 Å². The SMILES string of the molecule is CC(C)(C)OC(=O)CNCC1C=CC(c2cnc(Nc3ccc(OCCCl)cc3)nc2)=CC1. The summed E-state index contributed by atoms with van der Waals surface area (Å²) in [4.78, 5) is 20.6. The number of rotatable bonds is 10.